The first kappa shape index (κ1) is 11.6. The largest absolute Gasteiger partial charge is 0.330 e. The summed E-state index contributed by atoms with van der Waals surface area (Å²) in [5.74, 6) is 0.612. The summed E-state index contributed by atoms with van der Waals surface area (Å²) in [6, 6.07) is 2.69. The lowest BCUT2D eigenvalue weighted by atomic mass is 9.95. The van der Waals surface area contributed by atoms with Crippen LogP contribution in [0, 0.1) is 19.8 Å². The molecule has 2 rings (SSSR count). The number of nitrogens with two attached hydrogens (primary N) is 1. The van der Waals surface area contributed by atoms with Crippen molar-refractivity contribution in [2.24, 2.45) is 11.7 Å². The molecule has 0 bridgehead atoms. The van der Waals surface area contributed by atoms with E-state index in [9.17, 15) is 0 Å². The van der Waals surface area contributed by atoms with Gasteiger partial charge in [-0.05, 0) is 45.2 Å². The van der Waals surface area contributed by atoms with E-state index in [-0.39, 0.29) is 0 Å². The van der Waals surface area contributed by atoms with Crippen LogP contribution in [0.25, 0.3) is 0 Å². The minimum Gasteiger partial charge on any atom is -0.330 e. The van der Waals surface area contributed by atoms with Crippen LogP contribution in [0.3, 0.4) is 0 Å². The average Bonchev–Trinajstić information content (AvgIpc) is 2.51. The van der Waals surface area contributed by atoms with Gasteiger partial charge in [-0.15, -0.1) is 0 Å². The lowest BCUT2D eigenvalue weighted by Crippen LogP contribution is -2.26. The summed E-state index contributed by atoms with van der Waals surface area (Å²) in [6.07, 6.45) is 6.51. The van der Waals surface area contributed by atoms with Crippen molar-refractivity contribution in [2.45, 2.75) is 52.0 Å². The molecule has 0 aliphatic heterocycles. The van der Waals surface area contributed by atoms with Crippen LogP contribution in [0.4, 0.5) is 0 Å². The third-order valence-electron chi connectivity index (χ3n) is 3.78. The Hall–Kier alpha value is -0.830. The van der Waals surface area contributed by atoms with Crippen LogP contribution < -0.4 is 5.73 Å². The fourth-order valence-electron chi connectivity index (χ4n) is 2.94. The molecule has 2 atom stereocenters. The molecule has 1 fully saturated rings. The zero-order valence-electron chi connectivity index (χ0n) is 10.4. The maximum Gasteiger partial charge on any atom is 0.0596 e. The van der Waals surface area contributed by atoms with Gasteiger partial charge in [-0.2, -0.15) is 5.10 Å². The van der Waals surface area contributed by atoms with Crippen molar-refractivity contribution in [1.82, 2.24) is 9.78 Å². The van der Waals surface area contributed by atoms with E-state index >= 15 is 0 Å². The number of hydrogen-bond donors (Lipinski definition) is 1. The van der Waals surface area contributed by atoms with Gasteiger partial charge in [0.2, 0.25) is 0 Å². The molecule has 1 aromatic heterocycles. The van der Waals surface area contributed by atoms with Crippen LogP contribution in [0.2, 0.25) is 0 Å². The summed E-state index contributed by atoms with van der Waals surface area (Å²) >= 11 is 0. The van der Waals surface area contributed by atoms with Gasteiger partial charge in [0.15, 0.2) is 0 Å². The fraction of sp³-hybridized carbons (Fsp3) is 0.769. The summed E-state index contributed by atoms with van der Waals surface area (Å²) < 4.78 is 2.22. The molecule has 0 amide bonds. The van der Waals surface area contributed by atoms with Crippen molar-refractivity contribution < 1.29 is 0 Å². The molecule has 1 saturated carbocycles. The lowest BCUT2D eigenvalue weighted by Gasteiger charge is -2.25. The van der Waals surface area contributed by atoms with Gasteiger partial charge in [-0.25, -0.2) is 0 Å². The predicted molar refractivity (Wildman–Crippen MR) is 66.4 cm³/mol. The highest BCUT2D eigenvalue weighted by Crippen LogP contribution is 2.32. The topological polar surface area (TPSA) is 43.8 Å². The zero-order chi connectivity index (χ0) is 11.5. The molecule has 1 aromatic rings. The van der Waals surface area contributed by atoms with Gasteiger partial charge in [-0.3, -0.25) is 4.68 Å². The van der Waals surface area contributed by atoms with Crippen LogP contribution in [0.15, 0.2) is 6.07 Å². The Labute approximate surface area is 98.0 Å². The van der Waals surface area contributed by atoms with E-state index in [2.05, 4.69) is 29.7 Å². The van der Waals surface area contributed by atoms with Crippen molar-refractivity contribution in [3.63, 3.8) is 0 Å². The number of aromatic nitrogens is 2. The molecule has 90 valence electrons. The van der Waals surface area contributed by atoms with E-state index in [4.69, 9.17) is 5.73 Å². The minimum atomic E-state index is 0.529. The summed E-state index contributed by atoms with van der Waals surface area (Å²) in [4.78, 5) is 0. The summed E-state index contributed by atoms with van der Waals surface area (Å²) in [5.41, 5.74) is 8.32. The van der Waals surface area contributed by atoms with Gasteiger partial charge in [0, 0.05) is 5.69 Å². The first-order valence-electron chi connectivity index (χ1n) is 6.45. The van der Waals surface area contributed by atoms with E-state index in [1.807, 2.05) is 0 Å². The van der Waals surface area contributed by atoms with Gasteiger partial charge in [0.05, 0.1) is 11.7 Å². The average molecular weight is 221 g/mol. The molecule has 2 N–H and O–H groups in total. The Morgan fingerprint density at radius 2 is 2.06 bits per heavy atom. The van der Waals surface area contributed by atoms with Crippen LogP contribution in [0.5, 0.6) is 0 Å². The molecule has 16 heavy (non-hydrogen) atoms. The van der Waals surface area contributed by atoms with Crippen molar-refractivity contribution in [3.05, 3.63) is 17.5 Å². The Balaban J connectivity index is 2.24. The van der Waals surface area contributed by atoms with Crippen molar-refractivity contribution in [1.29, 1.82) is 0 Å². The Bertz CT molecular complexity index is 343. The number of aryl methyl sites for hydroxylation is 2. The minimum absolute atomic E-state index is 0.529. The quantitative estimate of drug-likeness (QED) is 0.780. The highest BCUT2D eigenvalue weighted by molar-refractivity contribution is 5.08. The molecule has 0 aromatic carbocycles. The molecule has 1 heterocycles. The molecule has 1 aliphatic carbocycles. The smallest absolute Gasteiger partial charge is 0.0596 e. The highest BCUT2D eigenvalue weighted by atomic mass is 15.3. The normalized spacial score (nSPS) is 26.7. The fourth-order valence-corrected chi connectivity index (χ4v) is 2.94. The van der Waals surface area contributed by atoms with Crippen LogP contribution in [-0.4, -0.2) is 16.3 Å². The monoisotopic (exact) mass is 221 g/mol. The molecule has 0 saturated heterocycles. The van der Waals surface area contributed by atoms with Crippen LogP contribution in [0.1, 0.15) is 49.5 Å². The van der Waals surface area contributed by atoms with E-state index in [0.717, 1.165) is 12.2 Å². The molecule has 3 nitrogen and oxygen atoms in total. The molecule has 1 aliphatic rings. The molecule has 2 unspecified atom stereocenters. The molecule has 0 spiro atoms. The summed E-state index contributed by atoms with van der Waals surface area (Å²) in [7, 11) is 0. The number of nitrogens with zero attached hydrogens (tertiary/aromatic N) is 2. The highest BCUT2D eigenvalue weighted by Gasteiger charge is 2.25. The predicted octanol–water partition coefficient (Wildman–Crippen LogP) is 2.58. The van der Waals surface area contributed by atoms with Gasteiger partial charge < -0.3 is 5.73 Å². The standard InChI is InChI=1S/C13H23N3/c1-10-8-11(2)16(15-10)13-7-5-3-4-6-12(13)9-14/h8,12-13H,3-7,9,14H2,1-2H3. The second-order valence-corrected chi connectivity index (χ2v) is 5.07. The van der Waals surface area contributed by atoms with Crippen molar-refractivity contribution in [3.8, 4) is 0 Å². The first-order chi connectivity index (χ1) is 7.72. The van der Waals surface area contributed by atoms with Gasteiger partial charge in [-0.1, -0.05) is 19.3 Å². The summed E-state index contributed by atoms with van der Waals surface area (Å²) in [6.45, 7) is 5.01. The Morgan fingerprint density at radius 3 is 2.69 bits per heavy atom. The van der Waals surface area contributed by atoms with Crippen molar-refractivity contribution >= 4 is 0 Å². The van der Waals surface area contributed by atoms with Gasteiger partial charge >= 0.3 is 0 Å². The maximum absolute atomic E-state index is 5.92. The molecular weight excluding hydrogens is 198 g/mol. The van der Waals surface area contributed by atoms with E-state index in [1.54, 1.807) is 0 Å². The van der Waals surface area contributed by atoms with Crippen LogP contribution in [-0.2, 0) is 0 Å². The molecule has 0 radical (unpaired) electrons. The second-order valence-electron chi connectivity index (χ2n) is 5.07. The van der Waals surface area contributed by atoms with Gasteiger partial charge in [0.1, 0.15) is 0 Å². The molecule has 3 heteroatoms. The summed E-state index contributed by atoms with van der Waals surface area (Å²) in [5, 5.41) is 4.63. The SMILES string of the molecule is Cc1cc(C)n(C2CCCCCC2CN)n1. The van der Waals surface area contributed by atoms with Gasteiger partial charge in [0.25, 0.3) is 0 Å². The van der Waals surface area contributed by atoms with E-state index in [0.29, 0.717) is 12.0 Å². The Morgan fingerprint density at radius 1 is 1.31 bits per heavy atom. The third-order valence-corrected chi connectivity index (χ3v) is 3.78. The van der Waals surface area contributed by atoms with E-state index in [1.165, 1.54) is 37.8 Å². The first-order valence-corrected chi connectivity index (χ1v) is 6.45. The number of hydrogen-bond acceptors (Lipinski definition) is 2. The maximum atomic E-state index is 5.92. The van der Waals surface area contributed by atoms with Crippen molar-refractivity contribution in [2.75, 3.05) is 6.54 Å². The molecular formula is C13H23N3. The second kappa shape index (κ2) is 5.00. The zero-order valence-corrected chi connectivity index (χ0v) is 10.4. The lowest BCUT2D eigenvalue weighted by molar-refractivity contribution is 0.290. The van der Waals surface area contributed by atoms with E-state index < -0.39 is 0 Å². The number of rotatable bonds is 2. The third kappa shape index (κ3) is 2.29. The van der Waals surface area contributed by atoms with Crippen LogP contribution >= 0.6 is 0 Å². The Kier molecular flexibility index (Phi) is 3.64.